The monoisotopic (exact) mass is 418 g/mol. The van der Waals surface area contributed by atoms with E-state index in [2.05, 4.69) is 4.74 Å². The Morgan fingerprint density at radius 2 is 1.10 bits per heavy atom. The fraction of sp³-hybridized carbons (Fsp3) is 0.444. The Labute approximate surface area is 166 Å². The molecule has 0 amide bonds. The summed E-state index contributed by atoms with van der Waals surface area (Å²) in [6, 6.07) is 5.20. The van der Waals surface area contributed by atoms with Gasteiger partial charge in [-0.05, 0) is 31.0 Å². The quantitative estimate of drug-likeness (QED) is 0.278. The maximum Gasteiger partial charge on any atom is 0.335 e. The van der Waals surface area contributed by atoms with E-state index in [1.807, 2.05) is 0 Å². The molecule has 29 heavy (non-hydrogen) atoms. The minimum atomic E-state index is -1.13. The van der Waals surface area contributed by atoms with Crippen LogP contribution in [0.1, 0.15) is 46.4 Å². The number of hydrogen-bond donors (Lipinski definition) is 6. The maximum absolute atomic E-state index is 10.4. The van der Waals surface area contributed by atoms with Crippen molar-refractivity contribution in [2.45, 2.75) is 25.7 Å². The summed E-state index contributed by atoms with van der Waals surface area (Å²) in [5, 5.41) is 49.4. The number of hydrogen-bond acceptors (Lipinski definition) is 7. The highest BCUT2D eigenvalue weighted by Gasteiger charge is 2.06. The molecule has 11 nitrogen and oxygen atoms in total. The van der Waals surface area contributed by atoms with Gasteiger partial charge in [-0.15, -0.1) is 0 Å². The molecule has 11 heteroatoms. The number of ether oxygens (including phenoxy) is 1. The van der Waals surface area contributed by atoms with Crippen molar-refractivity contribution in [3.8, 4) is 0 Å². The van der Waals surface area contributed by atoms with Crippen LogP contribution in [0.2, 0.25) is 0 Å². The molecule has 0 aliphatic carbocycles. The van der Waals surface area contributed by atoms with Crippen LogP contribution in [0.15, 0.2) is 24.3 Å². The van der Waals surface area contributed by atoms with Gasteiger partial charge < -0.3 is 35.4 Å². The van der Waals surface area contributed by atoms with E-state index in [-0.39, 0.29) is 37.2 Å². The number of carboxylic acids is 4. The van der Waals surface area contributed by atoms with Crippen LogP contribution in [0, 0.1) is 0 Å². The lowest BCUT2D eigenvalue weighted by atomic mass is 10.1. The smallest absolute Gasteiger partial charge is 0.335 e. The van der Waals surface area contributed by atoms with E-state index in [4.69, 9.17) is 30.6 Å². The third-order valence-electron chi connectivity index (χ3n) is 2.86. The average molecular weight is 418 g/mol. The SMILES string of the molecule is O=C(O)CCCCC(=O)O.O=C(O)c1cccc(C(=O)O)c1.OCCOCCO. The molecule has 0 bridgehead atoms. The van der Waals surface area contributed by atoms with Crippen LogP contribution in [-0.4, -0.2) is 80.9 Å². The van der Waals surface area contributed by atoms with Crippen molar-refractivity contribution in [2.75, 3.05) is 26.4 Å². The van der Waals surface area contributed by atoms with E-state index in [0.717, 1.165) is 6.07 Å². The maximum atomic E-state index is 10.4. The van der Waals surface area contributed by atoms with E-state index in [9.17, 15) is 19.2 Å². The van der Waals surface area contributed by atoms with Crippen LogP contribution in [0.4, 0.5) is 0 Å². The molecular weight excluding hydrogens is 392 g/mol. The molecule has 1 rings (SSSR count). The predicted molar refractivity (Wildman–Crippen MR) is 99.1 cm³/mol. The second-order valence-corrected chi connectivity index (χ2v) is 5.25. The van der Waals surface area contributed by atoms with Crippen LogP contribution in [0.5, 0.6) is 0 Å². The summed E-state index contributed by atoms with van der Waals surface area (Å²) in [6.45, 7) is 0.696. The topological polar surface area (TPSA) is 199 Å². The largest absolute Gasteiger partial charge is 0.481 e. The van der Waals surface area contributed by atoms with Gasteiger partial charge in [-0.2, -0.15) is 0 Å². The molecule has 0 aliphatic heterocycles. The van der Waals surface area contributed by atoms with Crippen molar-refractivity contribution in [3.63, 3.8) is 0 Å². The first-order valence-corrected chi connectivity index (χ1v) is 8.45. The standard InChI is InChI=1S/C8H6O4.C6H10O4.C4H10O3/c9-7(10)5-2-1-3-6(4-5)8(11)12;7-5(8)3-1-2-4-6(9)10;5-1-3-7-4-2-6/h1-4H,(H,9,10)(H,11,12);1-4H2,(H,7,8)(H,9,10);5-6H,1-4H2. The van der Waals surface area contributed by atoms with Gasteiger partial charge >= 0.3 is 23.9 Å². The number of aliphatic hydroxyl groups excluding tert-OH is 2. The summed E-state index contributed by atoms with van der Waals surface area (Å²) < 4.78 is 4.63. The summed E-state index contributed by atoms with van der Waals surface area (Å²) in [5.41, 5.74) is -0.0372. The molecular formula is C18H26O11. The summed E-state index contributed by atoms with van der Waals surface area (Å²) in [4.78, 5) is 40.6. The molecule has 164 valence electrons. The van der Waals surface area contributed by atoms with Crippen LogP contribution in [0.25, 0.3) is 0 Å². The number of carbonyl (C=O) groups is 4. The summed E-state index contributed by atoms with van der Waals surface area (Å²) in [5.74, 6) is -3.99. The van der Waals surface area contributed by atoms with E-state index in [1.165, 1.54) is 18.2 Å². The van der Waals surface area contributed by atoms with Crippen LogP contribution in [0.3, 0.4) is 0 Å². The van der Waals surface area contributed by atoms with Crippen molar-refractivity contribution in [1.82, 2.24) is 0 Å². The third-order valence-corrected chi connectivity index (χ3v) is 2.86. The Hall–Kier alpha value is -3.02. The summed E-state index contributed by atoms with van der Waals surface area (Å²) >= 11 is 0. The molecule has 0 heterocycles. The van der Waals surface area contributed by atoms with Gasteiger partial charge in [0, 0.05) is 12.8 Å². The minimum Gasteiger partial charge on any atom is -0.481 e. The van der Waals surface area contributed by atoms with Crippen molar-refractivity contribution < 1.29 is 54.6 Å². The molecule has 0 spiro atoms. The van der Waals surface area contributed by atoms with Gasteiger partial charge in [0.05, 0.1) is 37.6 Å². The molecule has 0 fully saturated rings. The molecule has 0 aromatic heterocycles. The molecule has 6 N–H and O–H groups in total. The Bertz CT molecular complexity index is 579. The van der Waals surface area contributed by atoms with Gasteiger partial charge in [0.1, 0.15) is 0 Å². The molecule has 1 aromatic carbocycles. The van der Waals surface area contributed by atoms with E-state index in [0.29, 0.717) is 26.1 Å². The normalized spacial score (nSPS) is 9.31. The number of rotatable bonds is 11. The molecule has 0 radical (unpaired) electrons. The first kappa shape index (κ1) is 28.2. The van der Waals surface area contributed by atoms with Crippen molar-refractivity contribution >= 4 is 23.9 Å². The lowest BCUT2D eigenvalue weighted by Gasteiger charge is -1.95. The predicted octanol–water partition coefficient (Wildman–Crippen LogP) is 0.787. The third kappa shape index (κ3) is 19.5. The van der Waals surface area contributed by atoms with E-state index < -0.39 is 23.9 Å². The number of aliphatic hydroxyl groups is 2. The van der Waals surface area contributed by atoms with E-state index in [1.54, 1.807) is 0 Å². The fourth-order valence-corrected chi connectivity index (χ4v) is 1.57. The molecule has 0 atom stereocenters. The van der Waals surface area contributed by atoms with Crippen molar-refractivity contribution in [2.24, 2.45) is 0 Å². The van der Waals surface area contributed by atoms with Gasteiger partial charge in [0.15, 0.2) is 0 Å². The lowest BCUT2D eigenvalue weighted by Crippen LogP contribution is -2.03. The highest BCUT2D eigenvalue weighted by Crippen LogP contribution is 2.04. The second kappa shape index (κ2) is 18.3. The van der Waals surface area contributed by atoms with Crippen LogP contribution >= 0.6 is 0 Å². The Morgan fingerprint density at radius 3 is 1.38 bits per heavy atom. The number of aromatic carboxylic acids is 2. The Kier molecular flexibility index (Phi) is 17.8. The first-order chi connectivity index (χ1) is 13.6. The van der Waals surface area contributed by atoms with Crippen molar-refractivity contribution in [3.05, 3.63) is 35.4 Å². The fourth-order valence-electron chi connectivity index (χ4n) is 1.57. The van der Waals surface area contributed by atoms with Gasteiger partial charge in [-0.25, -0.2) is 9.59 Å². The minimum absolute atomic E-state index is 0.0186. The number of unbranched alkanes of at least 4 members (excludes halogenated alkanes) is 1. The van der Waals surface area contributed by atoms with Crippen LogP contribution < -0.4 is 0 Å². The second-order valence-electron chi connectivity index (χ2n) is 5.25. The Balaban J connectivity index is 0. The molecule has 0 saturated carbocycles. The van der Waals surface area contributed by atoms with E-state index >= 15 is 0 Å². The zero-order chi connectivity index (χ0) is 22.7. The number of carboxylic acid groups (broad SMARTS) is 4. The zero-order valence-corrected chi connectivity index (χ0v) is 15.7. The number of aliphatic carboxylic acids is 2. The zero-order valence-electron chi connectivity index (χ0n) is 15.7. The highest BCUT2D eigenvalue weighted by atomic mass is 16.5. The van der Waals surface area contributed by atoms with Gasteiger partial charge in [0.25, 0.3) is 0 Å². The summed E-state index contributed by atoms with van der Waals surface area (Å²) in [6.07, 6.45) is 1.02. The first-order valence-electron chi connectivity index (χ1n) is 8.45. The lowest BCUT2D eigenvalue weighted by molar-refractivity contribution is -0.139. The van der Waals surface area contributed by atoms with Gasteiger partial charge in [0.2, 0.25) is 0 Å². The number of benzene rings is 1. The molecule has 0 aliphatic rings. The van der Waals surface area contributed by atoms with Gasteiger partial charge in [-0.1, -0.05) is 6.07 Å². The summed E-state index contributed by atoms with van der Waals surface area (Å²) in [7, 11) is 0. The average Bonchev–Trinajstić information content (AvgIpc) is 2.66. The Morgan fingerprint density at radius 1 is 0.724 bits per heavy atom. The van der Waals surface area contributed by atoms with Gasteiger partial charge in [-0.3, -0.25) is 9.59 Å². The van der Waals surface area contributed by atoms with Crippen LogP contribution in [-0.2, 0) is 14.3 Å². The highest BCUT2D eigenvalue weighted by molar-refractivity contribution is 5.93. The molecule has 1 aromatic rings. The molecule has 0 unspecified atom stereocenters. The van der Waals surface area contributed by atoms with Crippen molar-refractivity contribution in [1.29, 1.82) is 0 Å². The molecule has 0 saturated heterocycles.